The molecule has 212 valence electrons. The van der Waals surface area contributed by atoms with Crippen LogP contribution in [0, 0.1) is 0 Å². The molecular formula is C24H35N9O6. The SMILES string of the molecule is NC(N)=NCCCC(N)C(=O)NC(CO)C(=O)NC(Cc1cnc[nH]1)C(=O)NC(Cc1ccccc1)C(=O)O. The number of nitrogens with two attached hydrogens (primary N) is 3. The number of imidazole rings is 1. The first-order valence-electron chi connectivity index (χ1n) is 12.2. The van der Waals surface area contributed by atoms with Crippen molar-refractivity contribution in [1.82, 2.24) is 25.9 Å². The molecule has 0 radical (unpaired) electrons. The lowest BCUT2D eigenvalue weighted by molar-refractivity contribution is -0.142. The van der Waals surface area contributed by atoms with Crippen LogP contribution in [0.25, 0.3) is 0 Å². The summed E-state index contributed by atoms with van der Waals surface area (Å²) >= 11 is 0. The number of aromatic amines is 1. The smallest absolute Gasteiger partial charge is 0.326 e. The van der Waals surface area contributed by atoms with Crippen LogP contribution in [0.1, 0.15) is 24.1 Å². The normalized spacial score (nSPS) is 13.8. The van der Waals surface area contributed by atoms with E-state index in [0.717, 1.165) is 0 Å². The summed E-state index contributed by atoms with van der Waals surface area (Å²) in [5, 5.41) is 26.7. The second-order valence-electron chi connectivity index (χ2n) is 8.73. The van der Waals surface area contributed by atoms with Crippen molar-refractivity contribution < 1.29 is 29.4 Å². The van der Waals surface area contributed by atoms with Crippen molar-refractivity contribution in [3.05, 3.63) is 54.1 Å². The lowest BCUT2D eigenvalue weighted by atomic mass is 10.0. The topological polar surface area (TPSA) is 264 Å². The highest BCUT2D eigenvalue weighted by Gasteiger charge is 2.30. The van der Waals surface area contributed by atoms with Gasteiger partial charge in [-0.25, -0.2) is 9.78 Å². The van der Waals surface area contributed by atoms with Gasteiger partial charge in [0.2, 0.25) is 17.7 Å². The summed E-state index contributed by atoms with van der Waals surface area (Å²) in [5.41, 5.74) is 17.5. The van der Waals surface area contributed by atoms with Gasteiger partial charge in [-0.05, 0) is 18.4 Å². The van der Waals surface area contributed by atoms with Crippen molar-refractivity contribution >= 4 is 29.7 Å². The molecule has 4 atom stereocenters. The maximum Gasteiger partial charge on any atom is 0.326 e. The summed E-state index contributed by atoms with van der Waals surface area (Å²) < 4.78 is 0. The van der Waals surface area contributed by atoms with E-state index in [1.54, 1.807) is 30.3 Å². The molecule has 15 nitrogen and oxygen atoms in total. The molecule has 0 aliphatic rings. The first-order valence-corrected chi connectivity index (χ1v) is 12.2. The molecule has 15 heteroatoms. The molecule has 0 bridgehead atoms. The van der Waals surface area contributed by atoms with Gasteiger partial charge in [-0.15, -0.1) is 0 Å². The van der Waals surface area contributed by atoms with Crippen LogP contribution in [0.5, 0.6) is 0 Å². The number of nitrogens with one attached hydrogen (secondary N) is 4. The fourth-order valence-corrected chi connectivity index (χ4v) is 3.54. The summed E-state index contributed by atoms with van der Waals surface area (Å²) in [4.78, 5) is 60.8. The molecule has 1 aromatic carbocycles. The number of nitrogens with zero attached hydrogens (tertiary/aromatic N) is 2. The van der Waals surface area contributed by atoms with Gasteiger partial charge in [-0.2, -0.15) is 0 Å². The van der Waals surface area contributed by atoms with E-state index in [9.17, 15) is 29.4 Å². The zero-order valence-electron chi connectivity index (χ0n) is 21.2. The highest BCUT2D eigenvalue weighted by Crippen LogP contribution is 2.06. The second-order valence-corrected chi connectivity index (χ2v) is 8.73. The van der Waals surface area contributed by atoms with Gasteiger partial charge in [0, 0.05) is 31.3 Å². The molecule has 39 heavy (non-hydrogen) atoms. The van der Waals surface area contributed by atoms with Crippen LogP contribution < -0.4 is 33.2 Å². The summed E-state index contributed by atoms with van der Waals surface area (Å²) in [7, 11) is 0. The van der Waals surface area contributed by atoms with Crippen LogP contribution in [0.2, 0.25) is 0 Å². The highest BCUT2D eigenvalue weighted by atomic mass is 16.4. The minimum atomic E-state index is -1.42. The Morgan fingerprint density at radius 3 is 2.18 bits per heavy atom. The third-order valence-electron chi connectivity index (χ3n) is 5.63. The molecule has 0 aliphatic heterocycles. The molecule has 2 rings (SSSR count). The predicted molar refractivity (Wildman–Crippen MR) is 141 cm³/mol. The third kappa shape index (κ3) is 10.8. The van der Waals surface area contributed by atoms with Crippen LogP contribution in [-0.2, 0) is 32.0 Å². The number of aliphatic hydroxyl groups is 1. The summed E-state index contributed by atoms with van der Waals surface area (Å²) in [5.74, 6) is -3.69. The van der Waals surface area contributed by atoms with Gasteiger partial charge in [-0.1, -0.05) is 30.3 Å². The molecule has 2 aromatic rings. The zero-order valence-corrected chi connectivity index (χ0v) is 21.2. The van der Waals surface area contributed by atoms with Crippen molar-refractivity contribution in [3.63, 3.8) is 0 Å². The maximum absolute atomic E-state index is 13.1. The van der Waals surface area contributed by atoms with E-state index in [1.165, 1.54) is 12.5 Å². The second kappa shape index (κ2) is 15.7. The van der Waals surface area contributed by atoms with Gasteiger partial charge in [0.05, 0.1) is 19.0 Å². The molecule has 3 amide bonds. The predicted octanol–water partition coefficient (Wildman–Crippen LogP) is -2.89. The number of aliphatic hydroxyl groups excluding tert-OH is 1. The van der Waals surface area contributed by atoms with Gasteiger partial charge in [-0.3, -0.25) is 19.4 Å². The lowest BCUT2D eigenvalue weighted by Crippen LogP contribution is -2.58. The first kappa shape index (κ1) is 30.7. The number of aliphatic imine (C=N–C) groups is 1. The largest absolute Gasteiger partial charge is 0.480 e. The molecule has 0 saturated heterocycles. The number of aliphatic carboxylic acids is 1. The number of amides is 3. The molecule has 0 fully saturated rings. The molecule has 0 saturated carbocycles. The van der Waals surface area contributed by atoms with Gasteiger partial charge in [0.15, 0.2) is 5.96 Å². The number of hydrogen-bond acceptors (Lipinski definition) is 8. The molecule has 0 spiro atoms. The van der Waals surface area contributed by atoms with E-state index in [1.807, 2.05) is 0 Å². The number of rotatable bonds is 16. The fourth-order valence-electron chi connectivity index (χ4n) is 3.54. The monoisotopic (exact) mass is 545 g/mol. The fraction of sp³-hybridized carbons (Fsp3) is 0.417. The van der Waals surface area contributed by atoms with Gasteiger partial charge in [0.1, 0.15) is 18.1 Å². The van der Waals surface area contributed by atoms with Crippen molar-refractivity contribution in [2.24, 2.45) is 22.2 Å². The molecule has 12 N–H and O–H groups in total. The highest BCUT2D eigenvalue weighted by molar-refractivity contribution is 5.94. The van der Waals surface area contributed by atoms with Crippen molar-refractivity contribution in [2.75, 3.05) is 13.2 Å². The number of carboxylic acids is 1. The zero-order chi connectivity index (χ0) is 28.8. The first-order chi connectivity index (χ1) is 18.6. The number of hydrogen-bond donors (Lipinski definition) is 9. The van der Waals surface area contributed by atoms with E-state index < -0.39 is 54.5 Å². The van der Waals surface area contributed by atoms with E-state index in [4.69, 9.17) is 17.2 Å². The Balaban J connectivity index is 2.07. The number of carbonyl (C=O) groups excluding carboxylic acids is 3. The van der Waals surface area contributed by atoms with Gasteiger partial charge >= 0.3 is 5.97 Å². The summed E-state index contributed by atoms with van der Waals surface area (Å²) in [6, 6.07) is 3.79. The number of carbonyl (C=O) groups is 4. The van der Waals surface area contributed by atoms with Crippen molar-refractivity contribution in [2.45, 2.75) is 49.9 Å². The van der Waals surface area contributed by atoms with Crippen LogP contribution in [-0.4, -0.2) is 87.2 Å². The third-order valence-corrected chi connectivity index (χ3v) is 5.63. The van der Waals surface area contributed by atoms with Gasteiger partial charge in [0.25, 0.3) is 0 Å². The minimum absolute atomic E-state index is 0.0169. The van der Waals surface area contributed by atoms with Crippen LogP contribution in [0.4, 0.5) is 0 Å². The number of H-pyrrole nitrogens is 1. The number of guanidine groups is 1. The molecule has 0 aliphatic carbocycles. The standard InChI is InChI=1S/C24H35N9O6/c25-16(7-4-8-29-24(26)27)20(35)33-19(12-34)22(37)31-17(10-15-11-28-13-30-15)21(36)32-18(23(38)39)9-14-5-2-1-3-6-14/h1-3,5-6,11,13,16-19,34H,4,7-10,12,25H2,(H,28,30)(H,31,37)(H,32,36)(H,33,35)(H,38,39)(H4,26,27,29). The molecule has 1 heterocycles. The Bertz CT molecular complexity index is 1110. The lowest BCUT2D eigenvalue weighted by Gasteiger charge is -2.24. The van der Waals surface area contributed by atoms with Crippen LogP contribution >= 0.6 is 0 Å². The van der Waals surface area contributed by atoms with Crippen molar-refractivity contribution in [1.29, 1.82) is 0 Å². The number of carboxylic acid groups (broad SMARTS) is 1. The Hall–Kier alpha value is -4.50. The Labute approximate surface area is 224 Å². The van der Waals surface area contributed by atoms with Crippen LogP contribution in [0.15, 0.2) is 47.8 Å². The quantitative estimate of drug-likeness (QED) is 0.0590. The van der Waals surface area contributed by atoms with E-state index in [-0.39, 0.29) is 31.8 Å². The molecular weight excluding hydrogens is 510 g/mol. The maximum atomic E-state index is 13.1. The van der Waals surface area contributed by atoms with E-state index >= 15 is 0 Å². The van der Waals surface area contributed by atoms with Crippen molar-refractivity contribution in [3.8, 4) is 0 Å². The van der Waals surface area contributed by atoms with E-state index in [0.29, 0.717) is 17.7 Å². The average molecular weight is 546 g/mol. The number of benzene rings is 1. The van der Waals surface area contributed by atoms with E-state index in [2.05, 4.69) is 30.9 Å². The average Bonchev–Trinajstić information content (AvgIpc) is 3.42. The summed E-state index contributed by atoms with van der Waals surface area (Å²) in [6.07, 6.45) is 3.40. The number of aromatic nitrogens is 2. The Morgan fingerprint density at radius 1 is 0.949 bits per heavy atom. The Kier molecular flexibility index (Phi) is 12.4. The molecule has 4 unspecified atom stereocenters. The summed E-state index contributed by atoms with van der Waals surface area (Å²) in [6.45, 7) is -0.512. The Morgan fingerprint density at radius 2 is 1.59 bits per heavy atom. The van der Waals surface area contributed by atoms with Gasteiger partial charge < -0.3 is 48.3 Å². The minimum Gasteiger partial charge on any atom is -0.480 e. The van der Waals surface area contributed by atoms with Crippen LogP contribution in [0.3, 0.4) is 0 Å². The molecule has 1 aromatic heterocycles.